The molecule has 0 aromatic rings. The average Bonchev–Trinajstić information content (AvgIpc) is 2.50. The molecule has 2 atom stereocenters. The van der Waals surface area contributed by atoms with Crippen LogP contribution < -0.4 is 5.73 Å². The number of nitrogens with zero attached hydrogens (tertiary/aromatic N) is 1. The van der Waals surface area contributed by atoms with Gasteiger partial charge in [0.25, 0.3) is 0 Å². The molecule has 2 unspecified atom stereocenters. The van der Waals surface area contributed by atoms with Gasteiger partial charge in [-0.05, 0) is 39.5 Å². The first-order valence-corrected chi connectivity index (χ1v) is 5.58. The predicted octanol–water partition coefficient (Wildman–Crippen LogP) is 1.55. The van der Waals surface area contributed by atoms with Gasteiger partial charge in [-0.15, -0.1) is 12.4 Å². The molecule has 1 aliphatic carbocycles. The van der Waals surface area contributed by atoms with Crippen molar-refractivity contribution in [1.82, 2.24) is 4.90 Å². The van der Waals surface area contributed by atoms with E-state index in [9.17, 15) is 4.79 Å². The van der Waals surface area contributed by atoms with Gasteiger partial charge in [0.15, 0.2) is 0 Å². The van der Waals surface area contributed by atoms with Crippen LogP contribution in [-0.4, -0.2) is 28.9 Å². The lowest BCUT2D eigenvalue weighted by molar-refractivity contribution is -0.149. The Labute approximate surface area is 97.8 Å². The van der Waals surface area contributed by atoms with E-state index in [4.69, 9.17) is 5.73 Å². The van der Waals surface area contributed by atoms with Crippen LogP contribution >= 0.6 is 12.4 Å². The summed E-state index contributed by atoms with van der Waals surface area (Å²) in [7, 11) is 0. The average molecular weight is 233 g/mol. The highest BCUT2D eigenvalue weighted by Gasteiger charge is 2.42. The zero-order valence-electron chi connectivity index (χ0n) is 9.53. The van der Waals surface area contributed by atoms with Crippen molar-refractivity contribution >= 4 is 18.3 Å². The van der Waals surface area contributed by atoms with Gasteiger partial charge in [0.05, 0.1) is 0 Å². The number of carbonyl (C=O) groups excluding carboxylic acids is 1. The van der Waals surface area contributed by atoms with Gasteiger partial charge in [-0.3, -0.25) is 4.79 Å². The number of halogens is 1. The van der Waals surface area contributed by atoms with Gasteiger partial charge in [-0.1, -0.05) is 0 Å². The van der Waals surface area contributed by atoms with Crippen molar-refractivity contribution < 1.29 is 4.79 Å². The molecule has 3 nitrogen and oxygen atoms in total. The monoisotopic (exact) mass is 232 g/mol. The maximum atomic E-state index is 12.1. The minimum atomic E-state index is 0. The van der Waals surface area contributed by atoms with Gasteiger partial charge in [0.2, 0.25) is 5.91 Å². The molecule has 2 N–H and O–H groups in total. The SMILES string of the molecule is CC1(C)CCN1C(=O)C1CCC(N)C1.Cl. The maximum Gasteiger partial charge on any atom is 0.226 e. The molecule has 0 spiro atoms. The molecule has 2 fully saturated rings. The summed E-state index contributed by atoms with van der Waals surface area (Å²) in [4.78, 5) is 14.1. The van der Waals surface area contributed by atoms with Crippen LogP contribution in [-0.2, 0) is 4.79 Å². The molecule has 1 saturated carbocycles. The van der Waals surface area contributed by atoms with Crippen LogP contribution in [0.3, 0.4) is 0 Å². The van der Waals surface area contributed by atoms with Crippen LogP contribution in [0.2, 0.25) is 0 Å². The zero-order chi connectivity index (χ0) is 10.3. The van der Waals surface area contributed by atoms with Gasteiger partial charge < -0.3 is 10.6 Å². The van der Waals surface area contributed by atoms with Crippen molar-refractivity contribution in [3.05, 3.63) is 0 Å². The molecule has 4 heteroatoms. The predicted molar refractivity (Wildman–Crippen MR) is 63.0 cm³/mol. The third-order valence-electron chi connectivity index (χ3n) is 3.77. The Hall–Kier alpha value is -0.280. The third kappa shape index (κ3) is 2.28. The van der Waals surface area contributed by atoms with E-state index in [0.29, 0.717) is 5.91 Å². The standard InChI is InChI=1S/C11H20N2O.ClH/c1-11(2)5-6-13(11)10(14)8-3-4-9(12)7-8;/h8-9H,3-7,12H2,1-2H3;1H. The summed E-state index contributed by atoms with van der Waals surface area (Å²) in [5.41, 5.74) is 5.92. The summed E-state index contributed by atoms with van der Waals surface area (Å²) >= 11 is 0. The Balaban J connectivity index is 0.00000112. The first-order valence-electron chi connectivity index (χ1n) is 5.58. The fourth-order valence-corrected chi connectivity index (χ4v) is 2.54. The lowest BCUT2D eigenvalue weighted by atomic mass is 9.87. The molecule has 15 heavy (non-hydrogen) atoms. The summed E-state index contributed by atoms with van der Waals surface area (Å²) in [6.45, 7) is 5.23. The Kier molecular flexibility index (Phi) is 3.67. The van der Waals surface area contributed by atoms with Crippen molar-refractivity contribution in [1.29, 1.82) is 0 Å². The molecular weight excluding hydrogens is 212 g/mol. The molecular formula is C11H21ClN2O. The minimum Gasteiger partial charge on any atom is -0.337 e. The second-order valence-corrected chi connectivity index (χ2v) is 5.32. The van der Waals surface area contributed by atoms with E-state index < -0.39 is 0 Å². The molecule has 2 rings (SSSR count). The van der Waals surface area contributed by atoms with Crippen molar-refractivity contribution in [2.24, 2.45) is 11.7 Å². The van der Waals surface area contributed by atoms with Gasteiger partial charge in [0.1, 0.15) is 0 Å². The second kappa shape index (κ2) is 4.30. The van der Waals surface area contributed by atoms with Crippen molar-refractivity contribution in [2.75, 3.05) is 6.54 Å². The van der Waals surface area contributed by atoms with E-state index in [1.165, 1.54) is 0 Å². The van der Waals surface area contributed by atoms with E-state index in [1.54, 1.807) is 0 Å². The number of hydrogen-bond acceptors (Lipinski definition) is 2. The topological polar surface area (TPSA) is 46.3 Å². The molecule has 0 aromatic heterocycles. The largest absolute Gasteiger partial charge is 0.337 e. The summed E-state index contributed by atoms with van der Waals surface area (Å²) in [6, 6.07) is 0.258. The smallest absolute Gasteiger partial charge is 0.226 e. The highest BCUT2D eigenvalue weighted by Crippen LogP contribution is 2.34. The van der Waals surface area contributed by atoms with Crippen molar-refractivity contribution in [3.8, 4) is 0 Å². The number of hydrogen-bond donors (Lipinski definition) is 1. The Morgan fingerprint density at radius 3 is 2.40 bits per heavy atom. The molecule has 0 aromatic carbocycles. The van der Waals surface area contributed by atoms with E-state index in [-0.39, 0.29) is 29.9 Å². The highest BCUT2D eigenvalue weighted by molar-refractivity contribution is 5.85. The van der Waals surface area contributed by atoms with Gasteiger partial charge in [-0.2, -0.15) is 0 Å². The van der Waals surface area contributed by atoms with Crippen LogP contribution in [0.15, 0.2) is 0 Å². The molecule has 2 aliphatic rings. The summed E-state index contributed by atoms with van der Waals surface area (Å²) in [5, 5.41) is 0. The molecule has 0 radical (unpaired) electrons. The fraction of sp³-hybridized carbons (Fsp3) is 0.909. The molecule has 1 aliphatic heterocycles. The third-order valence-corrected chi connectivity index (χ3v) is 3.77. The van der Waals surface area contributed by atoms with Crippen LogP contribution in [0.5, 0.6) is 0 Å². The summed E-state index contributed by atoms with van der Waals surface area (Å²) in [5.74, 6) is 0.554. The zero-order valence-corrected chi connectivity index (χ0v) is 10.3. The Morgan fingerprint density at radius 2 is 2.07 bits per heavy atom. The number of amides is 1. The molecule has 88 valence electrons. The number of nitrogens with two attached hydrogens (primary N) is 1. The first-order chi connectivity index (χ1) is 6.50. The lowest BCUT2D eigenvalue weighted by Crippen LogP contribution is -2.59. The number of carbonyl (C=O) groups is 1. The molecule has 1 amide bonds. The summed E-state index contributed by atoms with van der Waals surface area (Å²) < 4.78 is 0. The summed E-state index contributed by atoms with van der Waals surface area (Å²) in [6.07, 6.45) is 4.04. The van der Waals surface area contributed by atoms with Crippen LogP contribution in [0.4, 0.5) is 0 Å². The van der Waals surface area contributed by atoms with Crippen LogP contribution in [0, 0.1) is 5.92 Å². The van der Waals surface area contributed by atoms with Gasteiger partial charge in [0, 0.05) is 24.0 Å². The van der Waals surface area contributed by atoms with E-state index in [0.717, 1.165) is 32.2 Å². The quantitative estimate of drug-likeness (QED) is 0.746. The Bertz CT molecular complexity index is 255. The first kappa shape index (κ1) is 12.8. The maximum absolute atomic E-state index is 12.1. The second-order valence-electron chi connectivity index (χ2n) is 5.32. The minimum absolute atomic E-state index is 0. The van der Waals surface area contributed by atoms with Crippen LogP contribution in [0.1, 0.15) is 39.5 Å². The van der Waals surface area contributed by atoms with E-state index in [1.807, 2.05) is 4.90 Å². The number of rotatable bonds is 1. The van der Waals surface area contributed by atoms with E-state index >= 15 is 0 Å². The fourth-order valence-electron chi connectivity index (χ4n) is 2.54. The highest BCUT2D eigenvalue weighted by atomic mass is 35.5. The van der Waals surface area contributed by atoms with Gasteiger partial charge >= 0.3 is 0 Å². The number of likely N-dealkylation sites (tertiary alicyclic amines) is 1. The van der Waals surface area contributed by atoms with Crippen LogP contribution in [0.25, 0.3) is 0 Å². The molecule has 0 bridgehead atoms. The van der Waals surface area contributed by atoms with E-state index in [2.05, 4.69) is 13.8 Å². The van der Waals surface area contributed by atoms with Crippen molar-refractivity contribution in [3.63, 3.8) is 0 Å². The lowest BCUT2D eigenvalue weighted by Gasteiger charge is -2.49. The van der Waals surface area contributed by atoms with Gasteiger partial charge in [-0.25, -0.2) is 0 Å². The van der Waals surface area contributed by atoms with Crippen molar-refractivity contribution in [2.45, 2.75) is 51.1 Å². The Morgan fingerprint density at radius 1 is 1.40 bits per heavy atom. The molecule has 1 saturated heterocycles. The molecule has 1 heterocycles. The normalized spacial score (nSPS) is 33.1.